The van der Waals surface area contributed by atoms with Gasteiger partial charge in [-0.05, 0) is 12.1 Å². The Labute approximate surface area is 105 Å². The van der Waals surface area contributed by atoms with Gasteiger partial charge in [0.1, 0.15) is 11.5 Å². The van der Waals surface area contributed by atoms with Gasteiger partial charge in [-0.3, -0.25) is 4.79 Å². The Morgan fingerprint density at radius 1 is 1.39 bits per heavy atom. The molecule has 5 nitrogen and oxygen atoms in total. The highest BCUT2D eigenvalue weighted by Gasteiger charge is 2.17. The number of carboxylic acid groups (broad SMARTS) is 1. The minimum atomic E-state index is -1.32. The fraction of sp³-hybridized carbons (Fsp3) is 0. The van der Waals surface area contributed by atoms with E-state index < -0.39 is 17.7 Å². The standard InChI is InChI=1S/C11H7FN2O3S/c12-7-3-1-2-6(11(16)17)9(7)14-10(15)8-4-18-5-13-8/h1-5H,(H,14,15)(H,16,17). The van der Waals surface area contributed by atoms with Crippen LogP contribution in [-0.4, -0.2) is 22.0 Å². The average Bonchev–Trinajstić information content (AvgIpc) is 2.85. The van der Waals surface area contributed by atoms with Crippen molar-refractivity contribution < 1.29 is 19.1 Å². The first-order valence-electron chi connectivity index (χ1n) is 4.81. The van der Waals surface area contributed by atoms with Gasteiger partial charge in [0.25, 0.3) is 5.91 Å². The highest BCUT2D eigenvalue weighted by atomic mass is 32.1. The van der Waals surface area contributed by atoms with Gasteiger partial charge >= 0.3 is 5.97 Å². The predicted octanol–water partition coefficient (Wildman–Crippen LogP) is 2.23. The number of carboxylic acids is 1. The molecule has 0 spiro atoms. The number of hydrogen-bond donors (Lipinski definition) is 2. The quantitative estimate of drug-likeness (QED) is 0.892. The van der Waals surface area contributed by atoms with Crippen molar-refractivity contribution in [3.8, 4) is 0 Å². The van der Waals surface area contributed by atoms with Gasteiger partial charge in [0, 0.05) is 5.38 Å². The van der Waals surface area contributed by atoms with Crippen molar-refractivity contribution in [3.63, 3.8) is 0 Å². The number of thiazole rings is 1. The van der Waals surface area contributed by atoms with Crippen LogP contribution in [0.25, 0.3) is 0 Å². The smallest absolute Gasteiger partial charge is 0.337 e. The van der Waals surface area contributed by atoms with Gasteiger partial charge in [-0.1, -0.05) is 6.07 Å². The lowest BCUT2D eigenvalue weighted by Crippen LogP contribution is -2.16. The first-order valence-corrected chi connectivity index (χ1v) is 5.75. The Kier molecular flexibility index (Phi) is 3.33. The second kappa shape index (κ2) is 4.92. The molecule has 0 saturated carbocycles. The first kappa shape index (κ1) is 12.2. The van der Waals surface area contributed by atoms with Crippen LogP contribution in [0.4, 0.5) is 10.1 Å². The second-order valence-corrected chi connectivity index (χ2v) is 4.01. The molecule has 92 valence electrons. The molecule has 0 fully saturated rings. The van der Waals surface area contributed by atoms with E-state index >= 15 is 0 Å². The summed E-state index contributed by atoms with van der Waals surface area (Å²) in [6.07, 6.45) is 0. The van der Waals surface area contributed by atoms with E-state index in [0.29, 0.717) is 0 Å². The number of carbonyl (C=O) groups excluding carboxylic acids is 1. The van der Waals surface area contributed by atoms with E-state index in [1.54, 1.807) is 0 Å². The molecule has 2 N–H and O–H groups in total. The van der Waals surface area contributed by atoms with Crippen LogP contribution < -0.4 is 5.32 Å². The molecule has 0 aliphatic carbocycles. The highest BCUT2D eigenvalue weighted by Crippen LogP contribution is 2.20. The monoisotopic (exact) mass is 266 g/mol. The minimum Gasteiger partial charge on any atom is -0.478 e. The summed E-state index contributed by atoms with van der Waals surface area (Å²) in [5.41, 5.74) is 0.898. The summed E-state index contributed by atoms with van der Waals surface area (Å²) in [5.74, 6) is -2.77. The van der Waals surface area contributed by atoms with E-state index in [2.05, 4.69) is 10.3 Å². The van der Waals surface area contributed by atoms with E-state index in [1.165, 1.54) is 34.4 Å². The normalized spacial score (nSPS) is 10.1. The molecule has 2 aromatic rings. The van der Waals surface area contributed by atoms with E-state index in [-0.39, 0.29) is 16.9 Å². The summed E-state index contributed by atoms with van der Waals surface area (Å²) < 4.78 is 13.5. The van der Waals surface area contributed by atoms with Crippen molar-refractivity contribution in [1.29, 1.82) is 0 Å². The van der Waals surface area contributed by atoms with Gasteiger partial charge in [-0.25, -0.2) is 14.2 Å². The number of halogens is 1. The largest absolute Gasteiger partial charge is 0.478 e. The predicted molar refractivity (Wildman–Crippen MR) is 63.4 cm³/mol. The molecule has 7 heteroatoms. The van der Waals surface area contributed by atoms with Gasteiger partial charge < -0.3 is 10.4 Å². The van der Waals surface area contributed by atoms with Crippen LogP contribution in [-0.2, 0) is 0 Å². The lowest BCUT2D eigenvalue weighted by Gasteiger charge is -2.08. The van der Waals surface area contributed by atoms with Crippen LogP contribution in [0.1, 0.15) is 20.8 Å². The number of carbonyl (C=O) groups is 2. The minimum absolute atomic E-state index is 0.111. The maximum absolute atomic E-state index is 13.5. The van der Waals surface area contributed by atoms with E-state index in [1.807, 2.05) is 0 Å². The maximum Gasteiger partial charge on any atom is 0.337 e. The highest BCUT2D eigenvalue weighted by molar-refractivity contribution is 7.07. The van der Waals surface area contributed by atoms with Crippen LogP contribution in [0.15, 0.2) is 29.1 Å². The lowest BCUT2D eigenvalue weighted by molar-refractivity contribution is 0.0697. The maximum atomic E-state index is 13.5. The molecule has 0 atom stereocenters. The van der Waals surface area contributed by atoms with Crippen molar-refractivity contribution in [1.82, 2.24) is 4.98 Å². The number of anilines is 1. The first-order chi connectivity index (χ1) is 8.59. The fourth-order valence-electron chi connectivity index (χ4n) is 1.33. The third kappa shape index (κ3) is 2.35. The van der Waals surface area contributed by atoms with Gasteiger partial charge in [-0.15, -0.1) is 11.3 Å². The van der Waals surface area contributed by atoms with E-state index in [9.17, 15) is 14.0 Å². The molecule has 0 unspecified atom stereocenters. The summed E-state index contributed by atoms with van der Waals surface area (Å²) in [4.78, 5) is 26.3. The zero-order chi connectivity index (χ0) is 13.1. The number of nitrogens with one attached hydrogen (secondary N) is 1. The summed E-state index contributed by atoms with van der Waals surface area (Å²) in [7, 11) is 0. The third-order valence-electron chi connectivity index (χ3n) is 2.15. The molecule has 18 heavy (non-hydrogen) atoms. The Bertz CT molecular complexity index is 598. The van der Waals surface area contributed by atoms with Crippen molar-refractivity contribution in [2.75, 3.05) is 5.32 Å². The van der Waals surface area contributed by atoms with Crippen LogP contribution in [0.3, 0.4) is 0 Å². The van der Waals surface area contributed by atoms with Gasteiger partial charge in [-0.2, -0.15) is 0 Å². The zero-order valence-corrected chi connectivity index (χ0v) is 9.70. The number of aromatic carboxylic acids is 1. The van der Waals surface area contributed by atoms with Crippen LogP contribution in [0.2, 0.25) is 0 Å². The second-order valence-electron chi connectivity index (χ2n) is 3.30. The Balaban J connectivity index is 2.34. The van der Waals surface area contributed by atoms with Crippen molar-refractivity contribution in [2.24, 2.45) is 0 Å². The van der Waals surface area contributed by atoms with Crippen LogP contribution in [0, 0.1) is 5.82 Å². The number of hydrogen-bond acceptors (Lipinski definition) is 4. The number of para-hydroxylation sites is 1. The molecule has 2 rings (SSSR count). The number of amides is 1. The topological polar surface area (TPSA) is 79.3 Å². The fourth-order valence-corrected chi connectivity index (χ4v) is 1.86. The van der Waals surface area contributed by atoms with Crippen LogP contribution in [0.5, 0.6) is 0 Å². The van der Waals surface area contributed by atoms with E-state index in [4.69, 9.17) is 5.11 Å². The van der Waals surface area contributed by atoms with Gasteiger partial charge in [0.05, 0.1) is 16.8 Å². The molecular formula is C11H7FN2O3S. The summed E-state index contributed by atoms with van der Waals surface area (Å²) in [5, 5.41) is 12.6. The Morgan fingerprint density at radius 2 is 2.17 bits per heavy atom. The summed E-state index contributed by atoms with van der Waals surface area (Å²) in [6.45, 7) is 0. The van der Waals surface area contributed by atoms with Crippen molar-refractivity contribution in [2.45, 2.75) is 0 Å². The number of nitrogens with zero attached hydrogens (tertiary/aromatic N) is 1. The van der Waals surface area contributed by atoms with Crippen LogP contribution >= 0.6 is 11.3 Å². The zero-order valence-electron chi connectivity index (χ0n) is 8.88. The molecule has 1 amide bonds. The summed E-state index contributed by atoms with van der Waals surface area (Å²) in [6, 6.07) is 3.54. The molecule has 0 aliphatic rings. The number of rotatable bonds is 3. The Morgan fingerprint density at radius 3 is 2.78 bits per heavy atom. The number of benzene rings is 1. The van der Waals surface area contributed by atoms with Crippen molar-refractivity contribution >= 4 is 28.9 Å². The molecule has 1 aromatic heterocycles. The molecule has 0 bridgehead atoms. The molecular weight excluding hydrogens is 259 g/mol. The third-order valence-corrected chi connectivity index (χ3v) is 2.73. The molecule has 0 saturated heterocycles. The lowest BCUT2D eigenvalue weighted by atomic mass is 10.1. The van der Waals surface area contributed by atoms with Crippen molar-refractivity contribution in [3.05, 3.63) is 46.2 Å². The molecule has 1 aromatic carbocycles. The molecule has 0 radical (unpaired) electrons. The molecule has 0 aliphatic heterocycles. The van der Waals surface area contributed by atoms with Gasteiger partial charge in [0.2, 0.25) is 0 Å². The van der Waals surface area contributed by atoms with E-state index in [0.717, 1.165) is 6.07 Å². The SMILES string of the molecule is O=C(Nc1c(F)cccc1C(=O)O)c1cscn1. The average molecular weight is 266 g/mol. The van der Waals surface area contributed by atoms with Gasteiger partial charge in [0.15, 0.2) is 0 Å². The Hall–Kier alpha value is -2.28. The summed E-state index contributed by atoms with van der Waals surface area (Å²) >= 11 is 1.21. The number of aromatic nitrogens is 1. The molecule has 1 heterocycles.